The summed E-state index contributed by atoms with van der Waals surface area (Å²) in [5, 5.41) is 2.72. The average Bonchev–Trinajstić information content (AvgIpc) is 2.30. The van der Waals surface area contributed by atoms with Crippen molar-refractivity contribution in [2.24, 2.45) is 5.73 Å². The highest BCUT2D eigenvalue weighted by atomic mass is 16.2. The number of ketones is 1. The number of benzene rings is 1. The second kappa shape index (κ2) is 6.15. The Kier molecular flexibility index (Phi) is 4.84. The SMILES string of the molecule is CCC[C@@H](N)C(=O)Nc1ccc(C(C)=O)cc1. The predicted molar refractivity (Wildman–Crippen MR) is 68.0 cm³/mol. The zero-order chi connectivity index (χ0) is 12.8. The van der Waals surface area contributed by atoms with Gasteiger partial charge in [0.15, 0.2) is 5.78 Å². The van der Waals surface area contributed by atoms with Crippen LogP contribution in [0.4, 0.5) is 5.69 Å². The number of hydrogen-bond donors (Lipinski definition) is 2. The summed E-state index contributed by atoms with van der Waals surface area (Å²) < 4.78 is 0. The zero-order valence-electron chi connectivity index (χ0n) is 10.2. The van der Waals surface area contributed by atoms with E-state index in [1.54, 1.807) is 24.3 Å². The van der Waals surface area contributed by atoms with Crippen molar-refractivity contribution < 1.29 is 9.59 Å². The van der Waals surface area contributed by atoms with Crippen LogP contribution in [-0.4, -0.2) is 17.7 Å². The first-order valence-electron chi connectivity index (χ1n) is 5.72. The molecular weight excluding hydrogens is 216 g/mol. The smallest absolute Gasteiger partial charge is 0.241 e. The topological polar surface area (TPSA) is 72.2 Å². The molecule has 0 aliphatic carbocycles. The zero-order valence-corrected chi connectivity index (χ0v) is 10.2. The third-order valence-electron chi connectivity index (χ3n) is 2.50. The standard InChI is InChI=1S/C13H18N2O2/c1-3-4-12(14)13(17)15-11-7-5-10(6-8-11)9(2)16/h5-8,12H,3-4,14H2,1-2H3,(H,15,17)/t12-/m1/s1. The summed E-state index contributed by atoms with van der Waals surface area (Å²) in [7, 11) is 0. The van der Waals surface area contributed by atoms with Crippen molar-refractivity contribution in [1.29, 1.82) is 0 Å². The Bertz CT molecular complexity index is 398. The van der Waals surface area contributed by atoms with Crippen molar-refractivity contribution in [1.82, 2.24) is 0 Å². The van der Waals surface area contributed by atoms with Crippen molar-refractivity contribution >= 4 is 17.4 Å². The lowest BCUT2D eigenvalue weighted by molar-refractivity contribution is -0.117. The van der Waals surface area contributed by atoms with Gasteiger partial charge in [0, 0.05) is 11.3 Å². The van der Waals surface area contributed by atoms with Crippen LogP contribution in [0.1, 0.15) is 37.0 Å². The average molecular weight is 234 g/mol. The summed E-state index contributed by atoms with van der Waals surface area (Å²) in [6, 6.07) is 6.29. The lowest BCUT2D eigenvalue weighted by Gasteiger charge is -2.11. The molecule has 1 atom stereocenters. The molecule has 17 heavy (non-hydrogen) atoms. The van der Waals surface area contributed by atoms with Gasteiger partial charge in [-0.05, 0) is 37.6 Å². The van der Waals surface area contributed by atoms with Gasteiger partial charge < -0.3 is 11.1 Å². The molecule has 0 aliphatic rings. The summed E-state index contributed by atoms with van der Waals surface area (Å²) >= 11 is 0. The van der Waals surface area contributed by atoms with Crippen LogP contribution >= 0.6 is 0 Å². The number of Topliss-reactive ketones (excluding diaryl/α,β-unsaturated/α-hetero) is 1. The van der Waals surface area contributed by atoms with Crippen LogP contribution in [0.15, 0.2) is 24.3 Å². The third kappa shape index (κ3) is 4.00. The highest BCUT2D eigenvalue weighted by molar-refractivity contribution is 5.96. The Morgan fingerprint density at radius 1 is 1.29 bits per heavy atom. The molecule has 0 unspecified atom stereocenters. The summed E-state index contributed by atoms with van der Waals surface area (Å²) in [5.41, 5.74) is 6.97. The molecule has 0 heterocycles. The largest absolute Gasteiger partial charge is 0.325 e. The second-order valence-corrected chi connectivity index (χ2v) is 4.02. The van der Waals surface area contributed by atoms with Gasteiger partial charge in [-0.25, -0.2) is 0 Å². The molecule has 0 bridgehead atoms. The summed E-state index contributed by atoms with van der Waals surface area (Å²) in [4.78, 5) is 22.7. The number of nitrogens with two attached hydrogens (primary N) is 1. The van der Waals surface area contributed by atoms with Crippen LogP contribution in [0, 0.1) is 0 Å². The molecule has 92 valence electrons. The van der Waals surface area contributed by atoms with E-state index >= 15 is 0 Å². The van der Waals surface area contributed by atoms with Gasteiger partial charge in [0.25, 0.3) is 0 Å². The number of hydrogen-bond acceptors (Lipinski definition) is 3. The van der Waals surface area contributed by atoms with Crippen molar-refractivity contribution in [2.75, 3.05) is 5.32 Å². The fraction of sp³-hybridized carbons (Fsp3) is 0.385. The van der Waals surface area contributed by atoms with E-state index in [1.807, 2.05) is 6.92 Å². The molecule has 0 saturated carbocycles. The summed E-state index contributed by atoms with van der Waals surface area (Å²) in [5.74, 6) is -0.187. The van der Waals surface area contributed by atoms with E-state index in [-0.39, 0.29) is 11.7 Å². The van der Waals surface area contributed by atoms with Crippen LogP contribution in [-0.2, 0) is 4.79 Å². The van der Waals surface area contributed by atoms with Crippen LogP contribution in [0.2, 0.25) is 0 Å². The Balaban J connectivity index is 2.63. The highest BCUT2D eigenvalue weighted by Crippen LogP contribution is 2.10. The van der Waals surface area contributed by atoms with Crippen LogP contribution in [0.25, 0.3) is 0 Å². The molecule has 1 aromatic carbocycles. The lowest BCUT2D eigenvalue weighted by Crippen LogP contribution is -2.35. The first-order chi connectivity index (χ1) is 8.04. The van der Waals surface area contributed by atoms with E-state index in [0.29, 0.717) is 17.7 Å². The number of anilines is 1. The van der Waals surface area contributed by atoms with Gasteiger partial charge >= 0.3 is 0 Å². The lowest BCUT2D eigenvalue weighted by atomic mass is 10.1. The van der Waals surface area contributed by atoms with Crippen molar-refractivity contribution in [3.8, 4) is 0 Å². The number of amides is 1. The Hall–Kier alpha value is -1.68. The van der Waals surface area contributed by atoms with Gasteiger partial charge in [0.05, 0.1) is 6.04 Å². The molecule has 4 heteroatoms. The molecule has 0 saturated heterocycles. The fourth-order valence-corrected chi connectivity index (χ4v) is 1.47. The Morgan fingerprint density at radius 3 is 2.35 bits per heavy atom. The van der Waals surface area contributed by atoms with Gasteiger partial charge in [-0.2, -0.15) is 0 Å². The molecule has 0 radical (unpaired) electrons. The minimum Gasteiger partial charge on any atom is -0.325 e. The van der Waals surface area contributed by atoms with Gasteiger partial charge in [0.2, 0.25) is 5.91 Å². The van der Waals surface area contributed by atoms with Crippen molar-refractivity contribution in [2.45, 2.75) is 32.7 Å². The Morgan fingerprint density at radius 2 is 1.88 bits per heavy atom. The van der Waals surface area contributed by atoms with Crippen molar-refractivity contribution in [3.05, 3.63) is 29.8 Å². The van der Waals surface area contributed by atoms with Gasteiger partial charge in [-0.1, -0.05) is 13.3 Å². The number of rotatable bonds is 5. The van der Waals surface area contributed by atoms with Crippen LogP contribution < -0.4 is 11.1 Å². The quantitative estimate of drug-likeness (QED) is 0.765. The fourth-order valence-electron chi connectivity index (χ4n) is 1.47. The number of carbonyl (C=O) groups excluding carboxylic acids is 2. The number of nitrogens with one attached hydrogen (secondary N) is 1. The molecule has 3 N–H and O–H groups in total. The predicted octanol–water partition coefficient (Wildman–Crippen LogP) is 1.96. The van der Waals surface area contributed by atoms with Gasteiger partial charge in [-0.15, -0.1) is 0 Å². The third-order valence-corrected chi connectivity index (χ3v) is 2.50. The maximum Gasteiger partial charge on any atom is 0.241 e. The van der Waals surface area contributed by atoms with E-state index < -0.39 is 6.04 Å². The molecule has 1 rings (SSSR count). The van der Waals surface area contributed by atoms with Crippen LogP contribution in [0.3, 0.4) is 0 Å². The molecule has 0 fully saturated rings. The normalized spacial score (nSPS) is 11.9. The molecular formula is C13H18N2O2. The van der Waals surface area contributed by atoms with E-state index in [0.717, 1.165) is 6.42 Å². The minimum atomic E-state index is -0.479. The summed E-state index contributed by atoms with van der Waals surface area (Å²) in [6.45, 7) is 3.49. The molecule has 4 nitrogen and oxygen atoms in total. The molecule has 1 amide bonds. The van der Waals surface area contributed by atoms with E-state index in [1.165, 1.54) is 6.92 Å². The molecule has 1 aromatic rings. The number of carbonyl (C=O) groups is 2. The molecule has 0 aliphatic heterocycles. The van der Waals surface area contributed by atoms with E-state index in [9.17, 15) is 9.59 Å². The maximum absolute atomic E-state index is 11.6. The highest BCUT2D eigenvalue weighted by Gasteiger charge is 2.12. The first kappa shape index (κ1) is 13.4. The molecule has 0 aromatic heterocycles. The monoisotopic (exact) mass is 234 g/mol. The minimum absolute atomic E-state index is 0.00515. The first-order valence-corrected chi connectivity index (χ1v) is 5.72. The molecule has 0 spiro atoms. The van der Waals surface area contributed by atoms with Gasteiger partial charge in [-0.3, -0.25) is 9.59 Å². The van der Waals surface area contributed by atoms with Crippen molar-refractivity contribution in [3.63, 3.8) is 0 Å². The van der Waals surface area contributed by atoms with Gasteiger partial charge in [0.1, 0.15) is 0 Å². The van der Waals surface area contributed by atoms with E-state index in [4.69, 9.17) is 5.73 Å². The second-order valence-electron chi connectivity index (χ2n) is 4.02. The van der Waals surface area contributed by atoms with E-state index in [2.05, 4.69) is 5.32 Å². The van der Waals surface area contributed by atoms with Crippen LogP contribution in [0.5, 0.6) is 0 Å². The maximum atomic E-state index is 11.6. The Labute approximate surface area is 101 Å². The summed E-state index contributed by atoms with van der Waals surface area (Å²) in [6.07, 6.45) is 1.54.